The molecule has 19 heavy (non-hydrogen) atoms. The number of rotatable bonds is 4. The molecule has 1 aromatic rings. The predicted molar refractivity (Wildman–Crippen MR) is 74.5 cm³/mol. The van der Waals surface area contributed by atoms with Crippen LogP contribution in [0.25, 0.3) is 0 Å². The van der Waals surface area contributed by atoms with E-state index in [1.54, 1.807) is 16.2 Å². The second kappa shape index (κ2) is 6.38. The summed E-state index contributed by atoms with van der Waals surface area (Å²) in [5.41, 5.74) is 0.974. The van der Waals surface area contributed by atoms with Crippen molar-refractivity contribution in [1.29, 1.82) is 0 Å². The largest absolute Gasteiger partial charge is 0.481 e. The van der Waals surface area contributed by atoms with Crippen LogP contribution < -0.4 is 0 Å². The van der Waals surface area contributed by atoms with Gasteiger partial charge >= 0.3 is 5.97 Å². The lowest BCUT2D eigenvalue weighted by atomic mass is 9.97. The highest BCUT2D eigenvalue weighted by Gasteiger charge is 2.26. The molecule has 5 nitrogen and oxygen atoms in total. The molecule has 0 radical (unpaired) electrons. The molecule has 0 saturated carbocycles. The van der Waals surface area contributed by atoms with Crippen LogP contribution in [0.15, 0.2) is 9.72 Å². The van der Waals surface area contributed by atoms with Crippen molar-refractivity contribution in [2.24, 2.45) is 5.92 Å². The van der Waals surface area contributed by atoms with E-state index in [0.29, 0.717) is 31.7 Å². The zero-order chi connectivity index (χ0) is 13.8. The molecule has 1 amide bonds. The molecule has 0 unspecified atom stereocenters. The molecule has 1 aliphatic rings. The molecular formula is C12H16N2O3S2. The third kappa shape index (κ3) is 3.94. The van der Waals surface area contributed by atoms with Gasteiger partial charge in [-0.3, -0.25) is 9.59 Å². The molecule has 0 aromatic carbocycles. The highest BCUT2D eigenvalue weighted by molar-refractivity contribution is 8.01. The smallest absolute Gasteiger partial charge is 0.306 e. The van der Waals surface area contributed by atoms with Crippen LogP contribution in [-0.4, -0.2) is 45.7 Å². The van der Waals surface area contributed by atoms with E-state index in [-0.39, 0.29) is 11.8 Å². The van der Waals surface area contributed by atoms with Gasteiger partial charge in [-0.15, -0.1) is 11.3 Å². The van der Waals surface area contributed by atoms with E-state index in [4.69, 9.17) is 5.11 Å². The van der Waals surface area contributed by atoms with E-state index in [9.17, 15) is 9.59 Å². The fourth-order valence-electron chi connectivity index (χ4n) is 1.99. The van der Waals surface area contributed by atoms with Crippen LogP contribution in [0.2, 0.25) is 0 Å². The second-order valence-electron chi connectivity index (χ2n) is 4.54. The lowest BCUT2D eigenvalue weighted by molar-refractivity contribution is -0.145. The highest BCUT2D eigenvalue weighted by atomic mass is 32.2. The number of amides is 1. The second-order valence-corrected chi connectivity index (χ2v) is 6.62. The number of aryl methyl sites for hydroxylation is 1. The number of thiazole rings is 1. The summed E-state index contributed by atoms with van der Waals surface area (Å²) < 4.78 is 0.909. The monoisotopic (exact) mass is 300 g/mol. The molecular weight excluding hydrogens is 284 g/mol. The summed E-state index contributed by atoms with van der Waals surface area (Å²) in [6.45, 7) is 3.03. The summed E-state index contributed by atoms with van der Waals surface area (Å²) >= 11 is 3.00. The molecule has 1 fully saturated rings. The van der Waals surface area contributed by atoms with Crippen molar-refractivity contribution < 1.29 is 14.7 Å². The van der Waals surface area contributed by atoms with Gasteiger partial charge in [-0.05, 0) is 19.8 Å². The summed E-state index contributed by atoms with van der Waals surface area (Å²) in [5, 5.41) is 10.9. The van der Waals surface area contributed by atoms with Gasteiger partial charge < -0.3 is 10.0 Å². The number of carboxylic acid groups (broad SMARTS) is 1. The summed E-state index contributed by atoms with van der Waals surface area (Å²) in [4.78, 5) is 28.9. The Morgan fingerprint density at radius 2 is 2.21 bits per heavy atom. The Kier molecular flexibility index (Phi) is 4.81. The molecule has 1 saturated heterocycles. The Labute approximate surface area is 120 Å². The first-order valence-corrected chi connectivity index (χ1v) is 7.98. The molecule has 0 bridgehead atoms. The average molecular weight is 300 g/mol. The third-order valence-electron chi connectivity index (χ3n) is 3.11. The van der Waals surface area contributed by atoms with Crippen molar-refractivity contribution in [1.82, 2.24) is 9.88 Å². The maximum absolute atomic E-state index is 12.0. The predicted octanol–water partition coefficient (Wildman–Crippen LogP) is 1.87. The summed E-state index contributed by atoms with van der Waals surface area (Å²) in [5.74, 6) is -0.593. The minimum absolute atomic E-state index is 0.0710. The van der Waals surface area contributed by atoms with Crippen molar-refractivity contribution >= 4 is 35.0 Å². The number of aliphatic carboxylic acids is 1. The van der Waals surface area contributed by atoms with Gasteiger partial charge in [0.1, 0.15) is 0 Å². The Hall–Kier alpha value is -1.08. The van der Waals surface area contributed by atoms with Crippen LogP contribution in [-0.2, 0) is 9.59 Å². The van der Waals surface area contributed by atoms with E-state index in [1.165, 1.54) is 11.8 Å². The first-order valence-electron chi connectivity index (χ1n) is 6.12. The van der Waals surface area contributed by atoms with Crippen LogP contribution in [0, 0.1) is 12.8 Å². The van der Waals surface area contributed by atoms with Gasteiger partial charge in [0.15, 0.2) is 4.34 Å². The first-order chi connectivity index (χ1) is 9.06. The number of carboxylic acids is 1. The van der Waals surface area contributed by atoms with E-state index >= 15 is 0 Å². The van der Waals surface area contributed by atoms with Gasteiger partial charge in [0.2, 0.25) is 5.91 Å². The number of carbonyl (C=O) groups is 2. The van der Waals surface area contributed by atoms with Gasteiger partial charge in [-0.1, -0.05) is 11.8 Å². The minimum Gasteiger partial charge on any atom is -0.481 e. The van der Waals surface area contributed by atoms with Crippen molar-refractivity contribution in [2.45, 2.75) is 24.1 Å². The molecule has 7 heteroatoms. The number of aromatic nitrogens is 1. The maximum atomic E-state index is 12.0. The number of hydrogen-bond acceptors (Lipinski definition) is 5. The molecule has 104 valence electrons. The van der Waals surface area contributed by atoms with Gasteiger partial charge in [0, 0.05) is 24.2 Å². The van der Waals surface area contributed by atoms with Crippen LogP contribution in [0.3, 0.4) is 0 Å². The Balaban J connectivity index is 1.77. The van der Waals surface area contributed by atoms with Crippen LogP contribution in [0.1, 0.15) is 18.5 Å². The van der Waals surface area contributed by atoms with E-state index < -0.39 is 5.97 Å². The number of hydrogen-bond donors (Lipinski definition) is 1. The Morgan fingerprint density at radius 3 is 2.74 bits per heavy atom. The fourth-order valence-corrected chi connectivity index (χ4v) is 3.74. The van der Waals surface area contributed by atoms with Crippen molar-refractivity contribution in [3.63, 3.8) is 0 Å². The minimum atomic E-state index is -0.750. The maximum Gasteiger partial charge on any atom is 0.306 e. The standard InChI is InChI=1S/C12H16N2O3S2/c1-8-6-18-12(13-8)19-7-10(15)14-4-2-9(3-5-14)11(16)17/h6,9H,2-5,7H2,1H3,(H,16,17). The molecule has 1 aliphatic heterocycles. The average Bonchev–Trinajstić information content (AvgIpc) is 2.82. The highest BCUT2D eigenvalue weighted by Crippen LogP contribution is 2.24. The van der Waals surface area contributed by atoms with Gasteiger partial charge in [0.05, 0.1) is 11.7 Å². The van der Waals surface area contributed by atoms with Gasteiger partial charge in [-0.25, -0.2) is 4.98 Å². The number of likely N-dealkylation sites (tertiary alicyclic amines) is 1. The topological polar surface area (TPSA) is 70.5 Å². The molecule has 2 heterocycles. The summed E-state index contributed by atoms with van der Waals surface area (Å²) in [6.07, 6.45) is 1.12. The zero-order valence-electron chi connectivity index (χ0n) is 10.7. The van der Waals surface area contributed by atoms with Crippen molar-refractivity contribution in [2.75, 3.05) is 18.8 Å². The first kappa shape index (κ1) is 14.3. The van der Waals surface area contributed by atoms with E-state index in [1.807, 2.05) is 12.3 Å². The SMILES string of the molecule is Cc1csc(SCC(=O)N2CCC(C(=O)O)CC2)n1. The molecule has 0 atom stereocenters. The Bertz CT molecular complexity index is 467. The zero-order valence-corrected chi connectivity index (χ0v) is 12.3. The molecule has 1 aromatic heterocycles. The van der Waals surface area contributed by atoms with Gasteiger partial charge in [-0.2, -0.15) is 0 Å². The normalized spacial score (nSPS) is 16.6. The quantitative estimate of drug-likeness (QED) is 0.860. The molecule has 1 N–H and O–H groups in total. The lowest BCUT2D eigenvalue weighted by Gasteiger charge is -2.29. The number of carbonyl (C=O) groups excluding carboxylic acids is 1. The van der Waals surface area contributed by atoms with Gasteiger partial charge in [0.25, 0.3) is 0 Å². The molecule has 2 rings (SSSR count). The van der Waals surface area contributed by atoms with Crippen LogP contribution in [0.5, 0.6) is 0 Å². The fraction of sp³-hybridized carbons (Fsp3) is 0.583. The Morgan fingerprint density at radius 1 is 1.53 bits per heavy atom. The summed E-state index contributed by atoms with van der Waals surface area (Å²) in [6, 6.07) is 0. The van der Waals surface area contributed by atoms with Crippen LogP contribution in [0.4, 0.5) is 0 Å². The van der Waals surface area contributed by atoms with Crippen LogP contribution >= 0.6 is 23.1 Å². The third-order valence-corrected chi connectivity index (χ3v) is 5.24. The number of piperidine rings is 1. The van der Waals surface area contributed by atoms with Crippen molar-refractivity contribution in [3.8, 4) is 0 Å². The lowest BCUT2D eigenvalue weighted by Crippen LogP contribution is -2.41. The number of thioether (sulfide) groups is 1. The van der Waals surface area contributed by atoms with Crippen molar-refractivity contribution in [3.05, 3.63) is 11.1 Å². The van der Waals surface area contributed by atoms with E-state index in [2.05, 4.69) is 4.98 Å². The summed E-state index contributed by atoms with van der Waals surface area (Å²) in [7, 11) is 0. The number of nitrogens with zero attached hydrogens (tertiary/aromatic N) is 2. The molecule has 0 spiro atoms. The molecule has 0 aliphatic carbocycles. The van der Waals surface area contributed by atoms with E-state index in [0.717, 1.165) is 10.0 Å².